The van der Waals surface area contributed by atoms with Crippen molar-refractivity contribution in [2.45, 2.75) is 52.5 Å². The first kappa shape index (κ1) is 33.7. The molecule has 1 aliphatic rings. The molecular formula is C34H43N7O3. The van der Waals surface area contributed by atoms with Crippen molar-refractivity contribution in [2.75, 3.05) is 19.6 Å². The van der Waals surface area contributed by atoms with Crippen LogP contribution < -0.4 is 22.1 Å². The van der Waals surface area contributed by atoms with Crippen LogP contribution in [0, 0.1) is 0 Å². The minimum absolute atomic E-state index is 0.0415. The molecule has 0 radical (unpaired) electrons. The van der Waals surface area contributed by atoms with Gasteiger partial charge in [-0.1, -0.05) is 56.8 Å². The molecule has 1 heterocycles. The SMILES string of the molecule is C=C(C=N/C=C(\C)NC(=O)c1ccc2c(c1)N=C(N)CC(C(=O)N(CCC)CCC)=C2)CNC(=O)CC(N)c1ccccc1. The van der Waals surface area contributed by atoms with E-state index >= 15 is 0 Å². The van der Waals surface area contributed by atoms with E-state index in [1.54, 1.807) is 25.1 Å². The molecule has 0 saturated carbocycles. The highest BCUT2D eigenvalue weighted by Crippen LogP contribution is 2.28. The van der Waals surface area contributed by atoms with Gasteiger partial charge in [0.15, 0.2) is 0 Å². The topological polar surface area (TPSA) is 155 Å². The Labute approximate surface area is 259 Å². The number of nitrogens with one attached hydrogen (secondary N) is 2. The number of nitrogens with zero attached hydrogens (tertiary/aromatic N) is 3. The standard InChI is InChI=1S/C34H43N7O3/c1-5-14-41(15-6-2)34(44)28-16-26-12-13-27(17-30(26)40-31(36)18-28)33(43)39-24(4)22-37-20-23(3)21-38-32(42)19-29(35)25-10-8-7-9-11-25/h7-13,16-17,20,22,29H,3,5-6,14-15,18-19,21,35H2,1-2,4H3,(H2,36,40)(H,38,42)(H,39,43)/b24-22+,37-20?. The molecule has 3 rings (SSSR count). The Hall–Kier alpha value is -4.83. The summed E-state index contributed by atoms with van der Waals surface area (Å²) in [5, 5.41) is 5.59. The van der Waals surface area contributed by atoms with Gasteiger partial charge in [0.1, 0.15) is 5.84 Å². The molecular weight excluding hydrogens is 554 g/mol. The first-order chi connectivity index (χ1) is 21.1. The lowest BCUT2D eigenvalue weighted by molar-refractivity contribution is -0.127. The van der Waals surface area contributed by atoms with Crippen LogP contribution in [0.2, 0.25) is 0 Å². The van der Waals surface area contributed by atoms with Crippen LogP contribution in [-0.4, -0.2) is 54.3 Å². The Balaban J connectivity index is 1.57. The van der Waals surface area contributed by atoms with Gasteiger partial charge in [-0.05, 0) is 49.1 Å². The predicted molar refractivity (Wildman–Crippen MR) is 177 cm³/mol. The van der Waals surface area contributed by atoms with Crippen LogP contribution in [0.5, 0.6) is 0 Å². The molecule has 0 saturated heterocycles. The van der Waals surface area contributed by atoms with Gasteiger partial charge in [-0.3, -0.25) is 19.4 Å². The maximum atomic E-state index is 13.2. The fourth-order valence-electron chi connectivity index (χ4n) is 4.61. The molecule has 232 valence electrons. The second-order valence-corrected chi connectivity index (χ2v) is 10.7. The summed E-state index contributed by atoms with van der Waals surface area (Å²) in [6.07, 6.45) is 6.97. The summed E-state index contributed by atoms with van der Waals surface area (Å²) >= 11 is 0. The number of hydrogen-bond donors (Lipinski definition) is 4. The molecule has 2 aromatic carbocycles. The van der Waals surface area contributed by atoms with Gasteiger partial charge in [0.05, 0.1) is 5.69 Å². The Morgan fingerprint density at radius 1 is 1.11 bits per heavy atom. The molecule has 0 fully saturated rings. The summed E-state index contributed by atoms with van der Waals surface area (Å²) in [6, 6.07) is 14.2. The van der Waals surface area contributed by atoms with E-state index in [0.717, 1.165) is 24.0 Å². The van der Waals surface area contributed by atoms with Crippen LogP contribution in [0.1, 0.15) is 74.0 Å². The van der Waals surface area contributed by atoms with E-state index in [4.69, 9.17) is 11.5 Å². The summed E-state index contributed by atoms with van der Waals surface area (Å²) in [4.78, 5) is 48.9. The molecule has 0 aromatic heterocycles. The Morgan fingerprint density at radius 3 is 2.50 bits per heavy atom. The highest BCUT2D eigenvalue weighted by molar-refractivity contribution is 6.06. The minimum Gasteiger partial charge on any atom is -0.387 e. The summed E-state index contributed by atoms with van der Waals surface area (Å²) in [7, 11) is 0. The van der Waals surface area contributed by atoms with E-state index in [0.29, 0.717) is 47.0 Å². The van der Waals surface area contributed by atoms with Gasteiger partial charge in [-0.25, -0.2) is 4.99 Å². The summed E-state index contributed by atoms with van der Waals surface area (Å²) in [5.74, 6) is -0.252. The molecule has 3 amide bonds. The van der Waals surface area contributed by atoms with Gasteiger partial charge in [-0.15, -0.1) is 0 Å². The summed E-state index contributed by atoms with van der Waals surface area (Å²) in [5.41, 5.74) is 16.5. The highest BCUT2D eigenvalue weighted by atomic mass is 16.2. The van der Waals surface area contributed by atoms with Crippen LogP contribution >= 0.6 is 0 Å². The van der Waals surface area contributed by atoms with Gasteiger partial charge < -0.3 is 27.0 Å². The lowest BCUT2D eigenvalue weighted by Gasteiger charge is -2.22. The lowest BCUT2D eigenvalue weighted by atomic mass is 10.0. The number of carbonyl (C=O) groups is 3. The Bertz CT molecular complexity index is 1470. The number of amidine groups is 1. The van der Waals surface area contributed by atoms with E-state index < -0.39 is 0 Å². The van der Waals surface area contributed by atoms with Crippen molar-refractivity contribution in [3.8, 4) is 0 Å². The molecule has 10 nitrogen and oxygen atoms in total. The molecule has 0 aliphatic carbocycles. The van der Waals surface area contributed by atoms with Gasteiger partial charge in [0.25, 0.3) is 5.91 Å². The average Bonchev–Trinajstić information content (AvgIpc) is 3.17. The molecule has 1 atom stereocenters. The first-order valence-electron chi connectivity index (χ1n) is 14.8. The zero-order chi connectivity index (χ0) is 32.1. The highest BCUT2D eigenvalue weighted by Gasteiger charge is 2.21. The smallest absolute Gasteiger partial charge is 0.255 e. The Morgan fingerprint density at radius 2 is 1.82 bits per heavy atom. The molecule has 10 heteroatoms. The third-order valence-electron chi connectivity index (χ3n) is 6.79. The Kier molecular flexibility index (Phi) is 12.8. The average molecular weight is 598 g/mol. The van der Waals surface area contributed by atoms with E-state index in [2.05, 4.69) is 27.2 Å². The zero-order valence-corrected chi connectivity index (χ0v) is 25.8. The number of nitrogens with two attached hydrogens (primary N) is 2. The quantitative estimate of drug-likeness (QED) is 0.235. The molecule has 44 heavy (non-hydrogen) atoms. The number of benzene rings is 2. The fraction of sp³-hybridized carbons (Fsp3) is 0.324. The molecule has 2 aromatic rings. The number of carbonyl (C=O) groups excluding carboxylic acids is 3. The normalized spacial score (nSPS) is 13.7. The number of rotatable bonds is 14. The zero-order valence-electron chi connectivity index (χ0n) is 25.8. The molecule has 6 N–H and O–H groups in total. The molecule has 0 spiro atoms. The fourth-order valence-corrected chi connectivity index (χ4v) is 4.61. The van der Waals surface area contributed by atoms with Crippen molar-refractivity contribution < 1.29 is 14.4 Å². The van der Waals surface area contributed by atoms with Gasteiger partial charge in [-0.2, -0.15) is 0 Å². The van der Waals surface area contributed by atoms with Crippen LogP contribution in [0.25, 0.3) is 6.08 Å². The van der Waals surface area contributed by atoms with Crippen molar-refractivity contribution in [3.63, 3.8) is 0 Å². The number of aliphatic imine (C=N–C) groups is 2. The van der Waals surface area contributed by atoms with E-state index in [1.807, 2.05) is 55.2 Å². The van der Waals surface area contributed by atoms with Gasteiger partial charge in [0, 0.05) is 73.3 Å². The summed E-state index contributed by atoms with van der Waals surface area (Å²) < 4.78 is 0. The number of fused-ring (bicyclic) bond motifs is 1. The third kappa shape index (κ3) is 10.2. The molecule has 0 bridgehead atoms. The third-order valence-corrected chi connectivity index (χ3v) is 6.79. The lowest BCUT2D eigenvalue weighted by Crippen LogP contribution is -2.34. The monoisotopic (exact) mass is 597 g/mol. The van der Waals surface area contributed by atoms with E-state index in [9.17, 15) is 14.4 Å². The van der Waals surface area contributed by atoms with E-state index in [-0.39, 0.29) is 43.1 Å². The minimum atomic E-state index is -0.388. The predicted octanol–water partition coefficient (Wildman–Crippen LogP) is 4.54. The molecule has 1 unspecified atom stereocenters. The van der Waals surface area contributed by atoms with Crippen LogP contribution in [0.3, 0.4) is 0 Å². The van der Waals surface area contributed by atoms with E-state index in [1.165, 1.54) is 12.4 Å². The number of amides is 3. The maximum Gasteiger partial charge on any atom is 0.255 e. The largest absolute Gasteiger partial charge is 0.387 e. The van der Waals surface area contributed by atoms with Crippen molar-refractivity contribution in [1.29, 1.82) is 0 Å². The molecule has 1 aliphatic heterocycles. The van der Waals surface area contributed by atoms with Gasteiger partial charge in [0.2, 0.25) is 11.8 Å². The van der Waals surface area contributed by atoms with Crippen molar-refractivity contribution >= 4 is 41.5 Å². The number of hydrogen-bond acceptors (Lipinski definition) is 7. The van der Waals surface area contributed by atoms with Crippen LogP contribution in [0.15, 0.2) is 88.1 Å². The number of allylic oxidation sites excluding steroid dienone is 1. The second kappa shape index (κ2) is 16.7. The van der Waals surface area contributed by atoms with Crippen molar-refractivity contribution in [3.05, 3.63) is 94.8 Å². The van der Waals surface area contributed by atoms with Crippen molar-refractivity contribution in [2.24, 2.45) is 21.5 Å². The van der Waals surface area contributed by atoms with Crippen LogP contribution in [-0.2, 0) is 9.59 Å². The maximum absolute atomic E-state index is 13.2. The van der Waals surface area contributed by atoms with Gasteiger partial charge >= 0.3 is 0 Å². The second-order valence-electron chi connectivity index (χ2n) is 10.7. The van der Waals surface area contributed by atoms with Crippen molar-refractivity contribution in [1.82, 2.24) is 15.5 Å². The first-order valence-corrected chi connectivity index (χ1v) is 14.8. The summed E-state index contributed by atoms with van der Waals surface area (Å²) in [6.45, 7) is 11.3. The van der Waals surface area contributed by atoms with Crippen LogP contribution in [0.4, 0.5) is 5.69 Å².